The fourth-order valence-electron chi connectivity index (χ4n) is 3.46. The van der Waals surface area contributed by atoms with Crippen molar-refractivity contribution in [2.75, 3.05) is 32.8 Å². The van der Waals surface area contributed by atoms with E-state index in [1.807, 2.05) is 41.1 Å². The first-order valence-corrected chi connectivity index (χ1v) is 9.91. The van der Waals surface area contributed by atoms with Crippen LogP contribution in [0.3, 0.4) is 0 Å². The zero-order valence-electron chi connectivity index (χ0n) is 16.4. The standard InChI is InChI=1S/C21H28N4O3/c1-2-28-21(27)16-20(26)24(15-14-23-12-6-7-13-23)17-19-10-11-22-25(19)18-8-4-3-5-9-18/h3-5,8-11H,2,6-7,12-17H2,1H3. The molecule has 1 aromatic heterocycles. The maximum Gasteiger partial charge on any atom is 0.315 e. The molecule has 7 heteroatoms. The van der Waals surface area contributed by atoms with Gasteiger partial charge >= 0.3 is 5.97 Å². The number of carbonyl (C=O) groups excluding carboxylic acids is 2. The molecule has 1 amide bonds. The normalized spacial score (nSPS) is 14.2. The van der Waals surface area contributed by atoms with E-state index in [0.717, 1.165) is 31.0 Å². The molecular formula is C21H28N4O3. The lowest BCUT2D eigenvalue weighted by atomic mass is 10.2. The van der Waals surface area contributed by atoms with Crippen LogP contribution in [0.1, 0.15) is 31.9 Å². The molecule has 0 spiro atoms. The number of ether oxygens (including phenoxy) is 1. The molecule has 150 valence electrons. The van der Waals surface area contributed by atoms with Crippen LogP contribution in [0.4, 0.5) is 0 Å². The third kappa shape index (κ3) is 5.42. The Kier molecular flexibility index (Phi) is 7.19. The van der Waals surface area contributed by atoms with Crippen LogP contribution in [0, 0.1) is 0 Å². The van der Waals surface area contributed by atoms with Crippen LogP contribution in [-0.4, -0.2) is 64.2 Å². The second-order valence-corrected chi connectivity index (χ2v) is 6.92. The van der Waals surface area contributed by atoms with Crippen molar-refractivity contribution in [3.05, 3.63) is 48.3 Å². The van der Waals surface area contributed by atoms with Crippen molar-refractivity contribution in [2.24, 2.45) is 0 Å². The maximum atomic E-state index is 12.8. The third-order valence-electron chi connectivity index (χ3n) is 4.91. The highest BCUT2D eigenvalue weighted by Gasteiger charge is 2.21. The lowest BCUT2D eigenvalue weighted by Crippen LogP contribution is -2.39. The molecule has 7 nitrogen and oxygen atoms in total. The number of esters is 1. The Hall–Kier alpha value is -2.67. The van der Waals surface area contributed by atoms with E-state index in [9.17, 15) is 9.59 Å². The fraction of sp³-hybridized carbons (Fsp3) is 0.476. The molecule has 0 aliphatic carbocycles. The van der Waals surface area contributed by atoms with Crippen LogP contribution in [0.25, 0.3) is 5.69 Å². The molecule has 0 N–H and O–H groups in total. The number of benzene rings is 1. The van der Waals surface area contributed by atoms with Crippen molar-refractivity contribution in [2.45, 2.75) is 32.7 Å². The Morgan fingerprint density at radius 2 is 1.89 bits per heavy atom. The molecule has 28 heavy (non-hydrogen) atoms. The van der Waals surface area contributed by atoms with Crippen LogP contribution in [0.2, 0.25) is 0 Å². The minimum absolute atomic E-state index is 0.210. The average molecular weight is 384 g/mol. The number of carbonyl (C=O) groups is 2. The molecule has 0 atom stereocenters. The first-order valence-electron chi connectivity index (χ1n) is 9.91. The van der Waals surface area contributed by atoms with Gasteiger partial charge in [0.2, 0.25) is 5.91 Å². The second-order valence-electron chi connectivity index (χ2n) is 6.92. The van der Waals surface area contributed by atoms with E-state index in [0.29, 0.717) is 13.1 Å². The van der Waals surface area contributed by atoms with Gasteiger partial charge in [-0.25, -0.2) is 4.68 Å². The van der Waals surface area contributed by atoms with Crippen molar-refractivity contribution in [3.63, 3.8) is 0 Å². The van der Waals surface area contributed by atoms with Crippen molar-refractivity contribution in [1.82, 2.24) is 19.6 Å². The molecule has 1 fully saturated rings. The first kappa shape index (κ1) is 20.1. The summed E-state index contributed by atoms with van der Waals surface area (Å²) in [4.78, 5) is 28.7. The molecule has 1 aliphatic rings. The van der Waals surface area contributed by atoms with Gasteiger partial charge in [0.05, 0.1) is 24.5 Å². The van der Waals surface area contributed by atoms with E-state index < -0.39 is 5.97 Å². The number of aromatic nitrogens is 2. The Bertz CT molecular complexity index is 769. The van der Waals surface area contributed by atoms with E-state index in [1.54, 1.807) is 18.0 Å². The van der Waals surface area contributed by atoms with E-state index in [1.165, 1.54) is 12.8 Å². The monoisotopic (exact) mass is 384 g/mol. The van der Waals surface area contributed by atoms with Crippen LogP contribution in [-0.2, 0) is 20.9 Å². The quantitative estimate of drug-likeness (QED) is 0.490. The summed E-state index contributed by atoms with van der Waals surface area (Å²) in [7, 11) is 0. The number of para-hydroxylation sites is 1. The lowest BCUT2D eigenvalue weighted by Gasteiger charge is -2.25. The maximum absolute atomic E-state index is 12.8. The summed E-state index contributed by atoms with van der Waals surface area (Å²) in [6, 6.07) is 11.7. The summed E-state index contributed by atoms with van der Waals surface area (Å²) >= 11 is 0. The van der Waals surface area contributed by atoms with Crippen LogP contribution in [0.15, 0.2) is 42.6 Å². The number of likely N-dealkylation sites (tertiary alicyclic amines) is 1. The van der Waals surface area contributed by atoms with Crippen molar-refractivity contribution in [3.8, 4) is 5.69 Å². The summed E-state index contributed by atoms with van der Waals surface area (Å²) < 4.78 is 6.79. The highest BCUT2D eigenvalue weighted by atomic mass is 16.5. The largest absolute Gasteiger partial charge is 0.466 e. The van der Waals surface area contributed by atoms with E-state index in [2.05, 4.69) is 10.00 Å². The Morgan fingerprint density at radius 3 is 2.61 bits per heavy atom. The molecule has 0 bridgehead atoms. The number of hydrogen-bond donors (Lipinski definition) is 0. The molecule has 2 heterocycles. The lowest BCUT2D eigenvalue weighted by molar-refractivity contribution is -0.148. The molecule has 0 saturated carbocycles. The first-order chi connectivity index (χ1) is 13.7. The molecule has 2 aromatic rings. The van der Waals surface area contributed by atoms with Crippen molar-refractivity contribution < 1.29 is 14.3 Å². The van der Waals surface area contributed by atoms with Crippen LogP contribution >= 0.6 is 0 Å². The van der Waals surface area contributed by atoms with Crippen molar-refractivity contribution in [1.29, 1.82) is 0 Å². The zero-order chi connectivity index (χ0) is 19.8. The summed E-state index contributed by atoms with van der Waals surface area (Å²) in [5.41, 5.74) is 1.85. The van der Waals surface area contributed by atoms with Gasteiger partial charge < -0.3 is 14.5 Å². The van der Waals surface area contributed by atoms with Gasteiger partial charge in [-0.2, -0.15) is 5.10 Å². The summed E-state index contributed by atoms with van der Waals surface area (Å²) in [5.74, 6) is -0.686. The van der Waals surface area contributed by atoms with E-state index >= 15 is 0 Å². The molecule has 1 saturated heterocycles. The van der Waals surface area contributed by atoms with Crippen LogP contribution in [0.5, 0.6) is 0 Å². The average Bonchev–Trinajstić information content (AvgIpc) is 3.37. The predicted molar refractivity (Wildman–Crippen MR) is 106 cm³/mol. The van der Waals surface area contributed by atoms with E-state index in [-0.39, 0.29) is 18.9 Å². The Morgan fingerprint density at radius 1 is 1.14 bits per heavy atom. The molecular weight excluding hydrogens is 356 g/mol. The van der Waals surface area contributed by atoms with Gasteiger partial charge in [0.1, 0.15) is 6.42 Å². The summed E-state index contributed by atoms with van der Waals surface area (Å²) in [5, 5.41) is 4.40. The van der Waals surface area contributed by atoms with Gasteiger partial charge in [-0.15, -0.1) is 0 Å². The molecule has 0 unspecified atom stereocenters. The second kappa shape index (κ2) is 10.0. The summed E-state index contributed by atoms with van der Waals surface area (Å²) in [6.45, 7) is 5.96. The number of hydrogen-bond acceptors (Lipinski definition) is 5. The zero-order valence-corrected chi connectivity index (χ0v) is 16.4. The highest BCUT2D eigenvalue weighted by Crippen LogP contribution is 2.14. The van der Waals surface area contributed by atoms with Crippen LogP contribution < -0.4 is 0 Å². The molecule has 1 aromatic carbocycles. The predicted octanol–water partition coefficient (Wildman–Crippen LogP) is 2.25. The van der Waals surface area contributed by atoms with Gasteiger partial charge in [0, 0.05) is 19.3 Å². The third-order valence-corrected chi connectivity index (χ3v) is 4.91. The van der Waals surface area contributed by atoms with E-state index in [4.69, 9.17) is 4.74 Å². The number of nitrogens with zero attached hydrogens (tertiary/aromatic N) is 4. The topological polar surface area (TPSA) is 67.7 Å². The number of amides is 1. The Labute approximate surface area is 165 Å². The SMILES string of the molecule is CCOC(=O)CC(=O)N(CCN1CCCC1)Cc1ccnn1-c1ccccc1. The smallest absolute Gasteiger partial charge is 0.315 e. The van der Waals surface area contributed by atoms with Gasteiger partial charge in [0.15, 0.2) is 0 Å². The number of rotatable bonds is 9. The molecule has 1 aliphatic heterocycles. The Balaban J connectivity index is 1.72. The van der Waals surface area contributed by atoms with Gasteiger partial charge in [-0.1, -0.05) is 18.2 Å². The molecule has 0 radical (unpaired) electrons. The highest BCUT2D eigenvalue weighted by molar-refractivity contribution is 5.94. The van der Waals surface area contributed by atoms with Gasteiger partial charge in [-0.3, -0.25) is 9.59 Å². The fourth-order valence-corrected chi connectivity index (χ4v) is 3.46. The van der Waals surface area contributed by atoms with Gasteiger partial charge in [-0.05, 0) is 51.1 Å². The summed E-state index contributed by atoms with van der Waals surface area (Å²) in [6.07, 6.45) is 3.92. The van der Waals surface area contributed by atoms with Gasteiger partial charge in [0.25, 0.3) is 0 Å². The minimum Gasteiger partial charge on any atom is -0.466 e. The van der Waals surface area contributed by atoms with Crippen molar-refractivity contribution >= 4 is 11.9 Å². The molecule has 3 rings (SSSR count). The minimum atomic E-state index is -0.477.